The minimum absolute atomic E-state index is 0.199. The van der Waals surface area contributed by atoms with Crippen molar-refractivity contribution >= 4 is 19.8 Å². The first-order valence-electron chi connectivity index (χ1n) is 20.6. The first kappa shape index (κ1) is 48.5. The quantitative estimate of drug-likeness (QED) is 0.0279. The van der Waals surface area contributed by atoms with Gasteiger partial charge in [-0.1, -0.05) is 173 Å². The van der Waals surface area contributed by atoms with E-state index in [4.69, 9.17) is 19.3 Å². The molecule has 8 nitrogen and oxygen atoms in total. The number of carbonyl (C=O) groups is 2. The maximum atomic E-state index is 12.4. The highest BCUT2D eigenvalue weighted by atomic mass is 31.2. The second-order valence-electron chi connectivity index (χ2n) is 14.0. The van der Waals surface area contributed by atoms with Crippen LogP contribution in [0.3, 0.4) is 0 Å². The highest BCUT2D eigenvalue weighted by molar-refractivity contribution is 7.46. The SMILES string of the molecule is CCCCC/C=C\C/C=C\CCCCCCCC(=O)O[C@H](COC(=O)CCCCCCCCCCCCCCCCCCC)COP(=O)(O)O. The van der Waals surface area contributed by atoms with Gasteiger partial charge >= 0.3 is 19.8 Å². The number of phosphoric ester groups is 1. The molecule has 0 aromatic rings. The Bertz CT molecular complexity index is 869. The number of hydrogen-bond donors (Lipinski definition) is 2. The molecule has 9 heteroatoms. The Balaban J connectivity index is 3.91. The van der Waals surface area contributed by atoms with E-state index in [2.05, 4.69) is 42.7 Å². The first-order chi connectivity index (χ1) is 24.3. The van der Waals surface area contributed by atoms with Crippen LogP contribution in [0.25, 0.3) is 0 Å². The molecule has 0 aliphatic heterocycles. The lowest BCUT2D eigenvalue weighted by atomic mass is 10.0. The van der Waals surface area contributed by atoms with E-state index < -0.39 is 32.5 Å². The predicted molar refractivity (Wildman–Crippen MR) is 207 cm³/mol. The Kier molecular flexibility index (Phi) is 36.2. The van der Waals surface area contributed by atoms with Gasteiger partial charge in [-0.2, -0.15) is 0 Å². The van der Waals surface area contributed by atoms with Gasteiger partial charge in [0.25, 0.3) is 0 Å². The molecule has 2 N–H and O–H groups in total. The second kappa shape index (κ2) is 37.3. The van der Waals surface area contributed by atoms with E-state index in [1.165, 1.54) is 116 Å². The molecule has 294 valence electrons. The molecule has 0 saturated carbocycles. The molecule has 50 heavy (non-hydrogen) atoms. The average Bonchev–Trinajstić information content (AvgIpc) is 3.08. The van der Waals surface area contributed by atoms with Gasteiger partial charge in [0, 0.05) is 12.8 Å². The van der Waals surface area contributed by atoms with Gasteiger partial charge in [-0.05, 0) is 44.9 Å². The van der Waals surface area contributed by atoms with Crippen LogP contribution in [-0.2, 0) is 28.2 Å². The number of hydrogen-bond acceptors (Lipinski definition) is 6. The van der Waals surface area contributed by atoms with E-state index in [1.54, 1.807) is 0 Å². The molecule has 0 radical (unpaired) electrons. The minimum Gasteiger partial charge on any atom is -0.462 e. The van der Waals surface area contributed by atoms with E-state index >= 15 is 0 Å². The lowest BCUT2D eigenvalue weighted by molar-refractivity contribution is -0.161. The maximum Gasteiger partial charge on any atom is 0.469 e. The minimum atomic E-state index is -4.75. The third-order valence-corrected chi connectivity index (χ3v) is 9.46. The smallest absolute Gasteiger partial charge is 0.462 e. The summed E-state index contributed by atoms with van der Waals surface area (Å²) in [4.78, 5) is 42.8. The van der Waals surface area contributed by atoms with Crippen molar-refractivity contribution in [3.8, 4) is 0 Å². The summed E-state index contributed by atoms with van der Waals surface area (Å²) in [6.45, 7) is 3.66. The summed E-state index contributed by atoms with van der Waals surface area (Å²) >= 11 is 0. The summed E-state index contributed by atoms with van der Waals surface area (Å²) in [6, 6.07) is 0. The molecule has 0 unspecified atom stereocenters. The van der Waals surface area contributed by atoms with Crippen molar-refractivity contribution in [1.29, 1.82) is 0 Å². The molecule has 0 bridgehead atoms. The van der Waals surface area contributed by atoms with Crippen molar-refractivity contribution in [3.63, 3.8) is 0 Å². The normalized spacial score (nSPS) is 12.6. The van der Waals surface area contributed by atoms with Crippen molar-refractivity contribution in [2.24, 2.45) is 0 Å². The van der Waals surface area contributed by atoms with Crippen molar-refractivity contribution < 1.29 is 37.9 Å². The summed E-state index contributed by atoms with van der Waals surface area (Å²) in [5, 5.41) is 0. The van der Waals surface area contributed by atoms with Crippen LogP contribution in [0.4, 0.5) is 0 Å². The number of unbranched alkanes of at least 4 members (excludes halogenated alkanes) is 24. The Hall–Kier alpha value is -1.47. The summed E-state index contributed by atoms with van der Waals surface area (Å²) in [5.74, 6) is -0.892. The Morgan fingerprint density at radius 2 is 0.900 bits per heavy atom. The molecule has 0 amide bonds. The maximum absolute atomic E-state index is 12.4. The van der Waals surface area contributed by atoms with Gasteiger partial charge in [0.1, 0.15) is 6.61 Å². The zero-order valence-electron chi connectivity index (χ0n) is 32.3. The van der Waals surface area contributed by atoms with Crippen LogP contribution in [0.15, 0.2) is 24.3 Å². The van der Waals surface area contributed by atoms with Gasteiger partial charge in [-0.25, -0.2) is 4.57 Å². The molecule has 0 aromatic heterocycles. The summed E-state index contributed by atoms with van der Waals surface area (Å²) in [6.07, 6.45) is 41.8. The summed E-state index contributed by atoms with van der Waals surface area (Å²) < 4.78 is 26.4. The first-order valence-corrected chi connectivity index (χ1v) is 22.2. The molecule has 1 atom stereocenters. The predicted octanol–water partition coefficient (Wildman–Crippen LogP) is 12.4. The van der Waals surface area contributed by atoms with Crippen LogP contribution >= 0.6 is 7.82 Å². The number of carbonyl (C=O) groups excluding carboxylic acids is 2. The van der Waals surface area contributed by atoms with Crippen molar-refractivity contribution in [1.82, 2.24) is 0 Å². The van der Waals surface area contributed by atoms with Crippen LogP contribution in [0.2, 0.25) is 0 Å². The Labute approximate surface area is 307 Å². The number of ether oxygens (including phenoxy) is 2. The van der Waals surface area contributed by atoms with Crippen LogP contribution in [0.1, 0.15) is 206 Å². The van der Waals surface area contributed by atoms with Crippen LogP contribution in [0, 0.1) is 0 Å². The van der Waals surface area contributed by atoms with E-state index in [-0.39, 0.29) is 19.4 Å². The van der Waals surface area contributed by atoms with Gasteiger partial charge in [0.05, 0.1) is 6.61 Å². The zero-order valence-corrected chi connectivity index (χ0v) is 33.2. The van der Waals surface area contributed by atoms with Crippen molar-refractivity contribution in [3.05, 3.63) is 24.3 Å². The standard InChI is InChI=1S/C41H77O8P/c1-3-5-7-9-11-13-15-17-19-20-22-23-25-27-29-31-33-35-40(42)47-37-39(38-48-50(44,45)46)49-41(43)36-34-32-30-28-26-24-21-18-16-14-12-10-8-6-4-2/h12,14,18,21,39H,3-11,13,15-17,19-20,22-38H2,1-2H3,(H2,44,45,46)/b14-12-,21-18-/t39-/m1/s1. The van der Waals surface area contributed by atoms with E-state index in [0.717, 1.165) is 57.8 Å². The lowest BCUT2D eigenvalue weighted by Crippen LogP contribution is -2.29. The molecular formula is C41H77O8P. The highest BCUT2D eigenvalue weighted by Crippen LogP contribution is 2.36. The monoisotopic (exact) mass is 729 g/mol. The highest BCUT2D eigenvalue weighted by Gasteiger charge is 2.22. The molecule has 0 heterocycles. The molecule has 0 aliphatic rings. The molecule has 0 fully saturated rings. The molecule has 0 aromatic carbocycles. The number of phosphoric acid groups is 1. The second-order valence-corrected chi connectivity index (χ2v) is 15.2. The molecule has 0 rings (SSSR count). The fourth-order valence-corrected chi connectivity index (χ4v) is 6.23. The number of esters is 2. The third kappa shape index (κ3) is 39.3. The largest absolute Gasteiger partial charge is 0.469 e. The Morgan fingerprint density at radius 3 is 1.36 bits per heavy atom. The molecule has 0 aliphatic carbocycles. The van der Waals surface area contributed by atoms with Gasteiger partial charge in [0.2, 0.25) is 0 Å². The van der Waals surface area contributed by atoms with E-state index in [9.17, 15) is 14.2 Å². The Morgan fingerprint density at radius 1 is 0.520 bits per heavy atom. The zero-order chi connectivity index (χ0) is 36.8. The van der Waals surface area contributed by atoms with E-state index in [0.29, 0.717) is 6.42 Å². The van der Waals surface area contributed by atoms with Crippen molar-refractivity contribution in [2.75, 3.05) is 13.2 Å². The average molecular weight is 729 g/mol. The summed E-state index contributed by atoms with van der Waals surface area (Å²) in [5.41, 5.74) is 0. The van der Waals surface area contributed by atoms with Gasteiger partial charge < -0.3 is 19.3 Å². The van der Waals surface area contributed by atoms with Gasteiger partial charge in [0.15, 0.2) is 6.10 Å². The molecule has 0 spiro atoms. The fourth-order valence-electron chi connectivity index (χ4n) is 5.87. The van der Waals surface area contributed by atoms with Crippen LogP contribution in [-0.4, -0.2) is 41.0 Å². The van der Waals surface area contributed by atoms with Crippen LogP contribution < -0.4 is 0 Å². The molecule has 0 saturated heterocycles. The lowest BCUT2D eigenvalue weighted by Gasteiger charge is -2.18. The summed E-state index contributed by atoms with van der Waals surface area (Å²) in [7, 11) is -4.75. The van der Waals surface area contributed by atoms with Crippen molar-refractivity contribution in [2.45, 2.75) is 213 Å². The van der Waals surface area contributed by atoms with E-state index in [1.807, 2.05) is 0 Å². The fraction of sp³-hybridized carbons (Fsp3) is 0.854. The van der Waals surface area contributed by atoms with Gasteiger partial charge in [-0.3, -0.25) is 14.1 Å². The van der Waals surface area contributed by atoms with Gasteiger partial charge in [-0.15, -0.1) is 0 Å². The topological polar surface area (TPSA) is 119 Å². The van der Waals surface area contributed by atoms with Crippen LogP contribution in [0.5, 0.6) is 0 Å². The molecular weight excluding hydrogens is 651 g/mol. The number of rotatable bonds is 38. The number of allylic oxidation sites excluding steroid dienone is 4. The third-order valence-electron chi connectivity index (χ3n) is 8.97.